The van der Waals surface area contributed by atoms with E-state index in [2.05, 4.69) is 15.6 Å². The molecule has 1 aromatic heterocycles. The van der Waals surface area contributed by atoms with Crippen LogP contribution in [0, 0.1) is 5.82 Å². The molecule has 0 aliphatic heterocycles. The van der Waals surface area contributed by atoms with Gasteiger partial charge in [0.15, 0.2) is 5.69 Å². The number of nitrogens with one attached hydrogen (secondary N) is 2. The molecular formula is C22H22FN5O3. The minimum atomic E-state index is -0.753. The summed E-state index contributed by atoms with van der Waals surface area (Å²) < 4.78 is 14.5. The standard InChI is InChI=1S/C22H22FN5O3/c1-22(2,3)28-12-25-17(18(28)19(24)29)21(31)27-16-10-8-15(9-11-16)26-20(30)13-4-6-14(23)7-5-13/h4-12H,1-3H3,(H2,24,29)(H,26,30)(H,27,31). The van der Waals surface area contributed by atoms with Crippen LogP contribution in [0.15, 0.2) is 54.9 Å². The number of carbonyl (C=O) groups is 3. The number of primary amides is 1. The second kappa shape index (κ2) is 8.39. The van der Waals surface area contributed by atoms with Crippen LogP contribution in [0.5, 0.6) is 0 Å². The average molecular weight is 423 g/mol. The van der Waals surface area contributed by atoms with Gasteiger partial charge in [0.2, 0.25) is 0 Å². The van der Waals surface area contributed by atoms with Crippen molar-refractivity contribution in [2.75, 3.05) is 10.6 Å². The Balaban J connectivity index is 1.72. The van der Waals surface area contributed by atoms with E-state index in [0.717, 1.165) is 0 Å². The fourth-order valence-electron chi connectivity index (χ4n) is 2.89. The molecule has 0 saturated heterocycles. The van der Waals surface area contributed by atoms with E-state index in [1.165, 1.54) is 30.6 Å². The van der Waals surface area contributed by atoms with Crippen LogP contribution in [0.3, 0.4) is 0 Å². The molecule has 3 amide bonds. The maximum absolute atomic E-state index is 13.0. The van der Waals surface area contributed by atoms with Crippen LogP contribution in [0.25, 0.3) is 0 Å². The molecule has 0 unspecified atom stereocenters. The number of carbonyl (C=O) groups excluding carboxylic acids is 3. The Hall–Kier alpha value is -4.01. The lowest BCUT2D eigenvalue weighted by atomic mass is 10.1. The predicted octanol–water partition coefficient (Wildman–Crippen LogP) is 3.38. The zero-order chi connectivity index (χ0) is 22.8. The Kier molecular flexibility index (Phi) is 5.87. The largest absolute Gasteiger partial charge is 0.364 e. The zero-order valence-corrected chi connectivity index (χ0v) is 17.3. The fraction of sp³-hybridized carbons (Fsp3) is 0.182. The first-order valence-electron chi connectivity index (χ1n) is 9.42. The van der Waals surface area contributed by atoms with Crippen LogP contribution in [0.2, 0.25) is 0 Å². The van der Waals surface area contributed by atoms with E-state index in [4.69, 9.17) is 5.73 Å². The number of benzene rings is 2. The molecule has 2 aromatic carbocycles. The highest BCUT2D eigenvalue weighted by molar-refractivity contribution is 6.10. The van der Waals surface area contributed by atoms with Crippen LogP contribution in [0.1, 0.15) is 52.1 Å². The van der Waals surface area contributed by atoms with E-state index < -0.39 is 29.1 Å². The lowest BCUT2D eigenvalue weighted by molar-refractivity contribution is 0.0963. The van der Waals surface area contributed by atoms with Gasteiger partial charge in [-0.25, -0.2) is 9.37 Å². The highest BCUT2D eigenvalue weighted by Crippen LogP contribution is 2.21. The molecule has 4 N–H and O–H groups in total. The summed E-state index contributed by atoms with van der Waals surface area (Å²) in [6.07, 6.45) is 1.41. The highest BCUT2D eigenvalue weighted by Gasteiger charge is 2.27. The second-order valence-corrected chi connectivity index (χ2v) is 7.84. The van der Waals surface area contributed by atoms with Gasteiger partial charge >= 0.3 is 0 Å². The Morgan fingerprint density at radius 1 is 0.903 bits per heavy atom. The van der Waals surface area contributed by atoms with E-state index in [-0.39, 0.29) is 11.4 Å². The second-order valence-electron chi connectivity index (χ2n) is 7.84. The molecule has 0 bridgehead atoms. The SMILES string of the molecule is CC(C)(C)n1cnc(C(=O)Nc2ccc(NC(=O)c3ccc(F)cc3)cc2)c1C(N)=O. The number of nitrogens with zero attached hydrogens (tertiary/aromatic N) is 2. The smallest absolute Gasteiger partial charge is 0.276 e. The van der Waals surface area contributed by atoms with Crippen molar-refractivity contribution in [3.8, 4) is 0 Å². The first kappa shape index (κ1) is 21.7. The molecular weight excluding hydrogens is 401 g/mol. The molecule has 0 aliphatic carbocycles. The van der Waals surface area contributed by atoms with Crippen LogP contribution in [-0.4, -0.2) is 27.3 Å². The summed E-state index contributed by atoms with van der Waals surface area (Å²) >= 11 is 0. The van der Waals surface area contributed by atoms with Crippen molar-refractivity contribution < 1.29 is 18.8 Å². The van der Waals surface area contributed by atoms with Crippen molar-refractivity contribution in [2.45, 2.75) is 26.3 Å². The van der Waals surface area contributed by atoms with Crippen LogP contribution < -0.4 is 16.4 Å². The number of imidazole rings is 1. The number of hydrogen-bond donors (Lipinski definition) is 3. The molecule has 0 radical (unpaired) electrons. The molecule has 0 atom stereocenters. The van der Waals surface area contributed by atoms with Gasteiger partial charge < -0.3 is 20.9 Å². The number of rotatable bonds is 5. The summed E-state index contributed by atoms with van der Waals surface area (Å²) in [5, 5.41) is 5.34. The van der Waals surface area contributed by atoms with Gasteiger partial charge in [0, 0.05) is 22.5 Å². The molecule has 0 aliphatic rings. The maximum atomic E-state index is 13.0. The topological polar surface area (TPSA) is 119 Å². The minimum Gasteiger partial charge on any atom is -0.364 e. The van der Waals surface area contributed by atoms with Gasteiger partial charge in [0.1, 0.15) is 11.5 Å². The first-order chi connectivity index (χ1) is 14.6. The molecule has 8 nitrogen and oxygen atoms in total. The third-order valence-electron chi connectivity index (χ3n) is 4.45. The van der Waals surface area contributed by atoms with E-state index in [1.54, 1.807) is 28.8 Å². The summed E-state index contributed by atoms with van der Waals surface area (Å²) in [6, 6.07) is 11.5. The monoisotopic (exact) mass is 423 g/mol. The summed E-state index contributed by atoms with van der Waals surface area (Å²) in [4.78, 5) is 40.8. The summed E-state index contributed by atoms with van der Waals surface area (Å²) in [5.41, 5.74) is 6.17. The van der Waals surface area contributed by atoms with Crippen molar-refractivity contribution in [1.82, 2.24) is 9.55 Å². The number of hydrogen-bond acceptors (Lipinski definition) is 4. The van der Waals surface area contributed by atoms with Crippen molar-refractivity contribution in [3.63, 3.8) is 0 Å². The fourth-order valence-corrected chi connectivity index (χ4v) is 2.89. The van der Waals surface area contributed by atoms with Gasteiger partial charge in [-0.1, -0.05) is 0 Å². The van der Waals surface area contributed by atoms with E-state index in [9.17, 15) is 18.8 Å². The van der Waals surface area contributed by atoms with Gasteiger partial charge in [-0.2, -0.15) is 0 Å². The molecule has 160 valence electrons. The number of aromatic nitrogens is 2. The quantitative estimate of drug-likeness (QED) is 0.583. The van der Waals surface area contributed by atoms with Gasteiger partial charge in [-0.3, -0.25) is 14.4 Å². The van der Waals surface area contributed by atoms with Crippen molar-refractivity contribution in [3.05, 3.63) is 77.6 Å². The Bertz CT molecular complexity index is 1130. The molecule has 3 aromatic rings. The highest BCUT2D eigenvalue weighted by atomic mass is 19.1. The number of halogens is 1. The molecule has 31 heavy (non-hydrogen) atoms. The number of nitrogens with two attached hydrogens (primary N) is 1. The molecule has 3 rings (SSSR count). The van der Waals surface area contributed by atoms with Gasteiger partial charge in [0.05, 0.1) is 6.33 Å². The van der Waals surface area contributed by atoms with Gasteiger partial charge in [-0.15, -0.1) is 0 Å². The van der Waals surface area contributed by atoms with E-state index in [0.29, 0.717) is 16.9 Å². The lowest BCUT2D eigenvalue weighted by Crippen LogP contribution is -2.30. The minimum absolute atomic E-state index is 0.0215. The normalized spacial score (nSPS) is 11.1. The third kappa shape index (κ3) is 4.95. The number of anilines is 2. The van der Waals surface area contributed by atoms with Crippen LogP contribution in [-0.2, 0) is 5.54 Å². The van der Waals surface area contributed by atoms with E-state index in [1.807, 2.05) is 20.8 Å². The van der Waals surface area contributed by atoms with Gasteiger partial charge in [0.25, 0.3) is 17.7 Å². The Morgan fingerprint density at radius 2 is 1.42 bits per heavy atom. The summed E-state index contributed by atoms with van der Waals surface area (Å²) in [6.45, 7) is 5.59. The lowest BCUT2D eigenvalue weighted by Gasteiger charge is -2.22. The van der Waals surface area contributed by atoms with Crippen molar-refractivity contribution in [2.24, 2.45) is 5.73 Å². The molecule has 9 heteroatoms. The Morgan fingerprint density at radius 3 is 1.90 bits per heavy atom. The van der Waals surface area contributed by atoms with Crippen molar-refractivity contribution in [1.29, 1.82) is 0 Å². The molecule has 1 heterocycles. The summed E-state index contributed by atoms with van der Waals surface area (Å²) in [5.74, 6) is -2.16. The van der Waals surface area contributed by atoms with Crippen LogP contribution in [0.4, 0.5) is 15.8 Å². The molecule has 0 spiro atoms. The Labute approximate surface area is 178 Å². The first-order valence-corrected chi connectivity index (χ1v) is 9.42. The van der Waals surface area contributed by atoms with E-state index >= 15 is 0 Å². The van der Waals surface area contributed by atoms with Crippen molar-refractivity contribution >= 4 is 29.1 Å². The van der Waals surface area contributed by atoms with Gasteiger partial charge in [-0.05, 0) is 69.3 Å². The number of amides is 3. The summed E-state index contributed by atoms with van der Waals surface area (Å²) in [7, 11) is 0. The predicted molar refractivity (Wildman–Crippen MR) is 114 cm³/mol. The third-order valence-corrected chi connectivity index (χ3v) is 4.45. The van der Waals surface area contributed by atoms with Crippen LogP contribution >= 0.6 is 0 Å². The molecule has 0 saturated carbocycles. The maximum Gasteiger partial charge on any atom is 0.276 e. The molecule has 0 fully saturated rings. The zero-order valence-electron chi connectivity index (χ0n) is 17.3. The average Bonchev–Trinajstić information content (AvgIpc) is 3.16.